The highest BCUT2D eigenvalue weighted by atomic mass is 32.2. The van der Waals surface area contributed by atoms with Gasteiger partial charge in [0.1, 0.15) is 0 Å². The number of aryl methyl sites for hydroxylation is 1. The maximum absolute atomic E-state index is 11.1. The van der Waals surface area contributed by atoms with E-state index < -0.39 is 15.4 Å². The lowest BCUT2D eigenvalue weighted by molar-refractivity contribution is 0.199. The van der Waals surface area contributed by atoms with Crippen LogP contribution in [0, 0.1) is 5.41 Å². The van der Waals surface area contributed by atoms with Crippen LogP contribution in [0.3, 0.4) is 0 Å². The van der Waals surface area contributed by atoms with Crippen LogP contribution in [0.4, 0.5) is 0 Å². The third-order valence-electron chi connectivity index (χ3n) is 2.28. The molecule has 1 aromatic heterocycles. The normalized spacial score (nSPS) is 12.7. The summed E-state index contributed by atoms with van der Waals surface area (Å²) in [5.74, 6) is 0.536. The molecule has 18 heavy (non-hydrogen) atoms. The summed E-state index contributed by atoms with van der Waals surface area (Å²) in [6, 6.07) is 0. The molecule has 0 atom stereocenters. The lowest BCUT2D eigenvalue weighted by atomic mass is 9.98. The Kier molecular flexibility index (Phi) is 4.75. The van der Waals surface area contributed by atoms with Crippen LogP contribution in [-0.4, -0.2) is 30.6 Å². The molecule has 0 amide bonds. The molecule has 0 saturated carbocycles. The van der Waals surface area contributed by atoms with Crippen LogP contribution in [0.15, 0.2) is 12.4 Å². The minimum Gasteiger partial charge on any atom is -0.490 e. The summed E-state index contributed by atoms with van der Waals surface area (Å²) in [5.41, 5.74) is -0.527. The van der Waals surface area contributed by atoms with Crippen LogP contribution in [0.1, 0.15) is 27.2 Å². The second-order valence-corrected chi connectivity index (χ2v) is 6.81. The van der Waals surface area contributed by atoms with E-state index in [1.54, 1.807) is 30.9 Å². The van der Waals surface area contributed by atoms with E-state index in [-0.39, 0.29) is 12.4 Å². The second-order valence-electron chi connectivity index (χ2n) is 5.20. The van der Waals surface area contributed by atoms with Crippen molar-refractivity contribution in [2.45, 2.75) is 33.7 Å². The summed E-state index contributed by atoms with van der Waals surface area (Å²) in [6.45, 7) is 6.78. The molecule has 0 spiro atoms. The Bertz CT molecular complexity index is 479. The van der Waals surface area contributed by atoms with Gasteiger partial charge in [-0.1, -0.05) is 20.8 Å². The fourth-order valence-electron chi connectivity index (χ4n) is 1.64. The Hall–Kier alpha value is -1.08. The zero-order chi connectivity index (χ0) is 13.8. The van der Waals surface area contributed by atoms with E-state index in [1.807, 2.05) is 0 Å². The van der Waals surface area contributed by atoms with Crippen molar-refractivity contribution in [3.8, 4) is 5.75 Å². The average molecular weight is 275 g/mol. The van der Waals surface area contributed by atoms with Crippen LogP contribution in [0.5, 0.6) is 5.75 Å². The summed E-state index contributed by atoms with van der Waals surface area (Å²) < 4.78 is 29.4. The van der Waals surface area contributed by atoms with E-state index in [0.717, 1.165) is 13.0 Å². The molecule has 1 rings (SSSR count). The first-order valence-electron chi connectivity index (χ1n) is 5.87. The third-order valence-corrected chi connectivity index (χ3v) is 3.47. The molecule has 0 aliphatic rings. The van der Waals surface area contributed by atoms with E-state index in [9.17, 15) is 8.42 Å². The van der Waals surface area contributed by atoms with Crippen LogP contribution in [0.25, 0.3) is 0 Å². The highest BCUT2D eigenvalue weighted by molar-refractivity contribution is 7.89. The predicted molar refractivity (Wildman–Crippen MR) is 69.8 cm³/mol. The average Bonchev–Trinajstić information content (AvgIpc) is 2.60. The van der Waals surface area contributed by atoms with Gasteiger partial charge in [-0.15, -0.1) is 0 Å². The van der Waals surface area contributed by atoms with Crippen molar-refractivity contribution < 1.29 is 13.2 Å². The Morgan fingerprint density at radius 3 is 2.72 bits per heavy atom. The monoisotopic (exact) mass is 275 g/mol. The molecule has 0 bridgehead atoms. The molecule has 0 radical (unpaired) electrons. The summed E-state index contributed by atoms with van der Waals surface area (Å²) in [4.78, 5) is 0. The first kappa shape index (κ1) is 15.0. The fourth-order valence-corrected chi connectivity index (χ4v) is 2.81. The molecule has 1 heterocycles. The number of sulfonamides is 1. The van der Waals surface area contributed by atoms with Gasteiger partial charge in [-0.25, -0.2) is 13.6 Å². The Morgan fingerprint density at radius 2 is 2.17 bits per heavy atom. The number of aromatic nitrogens is 2. The van der Waals surface area contributed by atoms with Crippen molar-refractivity contribution in [1.29, 1.82) is 0 Å². The van der Waals surface area contributed by atoms with Gasteiger partial charge in [-0.2, -0.15) is 5.10 Å². The van der Waals surface area contributed by atoms with E-state index >= 15 is 0 Å². The van der Waals surface area contributed by atoms with Crippen molar-refractivity contribution in [3.63, 3.8) is 0 Å². The molecule has 0 aliphatic heterocycles. The minimum atomic E-state index is -3.49. The smallest absolute Gasteiger partial charge is 0.209 e. The summed E-state index contributed by atoms with van der Waals surface area (Å²) in [5, 5.41) is 9.16. The lowest BCUT2D eigenvalue weighted by Crippen LogP contribution is -2.33. The molecular formula is C11H21N3O3S. The second kappa shape index (κ2) is 5.71. The van der Waals surface area contributed by atoms with Crippen molar-refractivity contribution in [1.82, 2.24) is 9.78 Å². The van der Waals surface area contributed by atoms with Gasteiger partial charge in [0.2, 0.25) is 10.0 Å². The number of hydrogen-bond donors (Lipinski definition) is 1. The Balaban J connectivity index is 2.53. The molecule has 0 aromatic carbocycles. The molecule has 6 nitrogen and oxygen atoms in total. The van der Waals surface area contributed by atoms with Gasteiger partial charge in [0, 0.05) is 12.0 Å². The first-order valence-corrected chi connectivity index (χ1v) is 7.59. The molecule has 2 N–H and O–H groups in total. The maximum atomic E-state index is 11.1. The summed E-state index contributed by atoms with van der Waals surface area (Å²) in [6.07, 6.45) is 4.43. The van der Waals surface area contributed by atoms with Crippen LogP contribution in [0.2, 0.25) is 0 Å². The standard InChI is InChI=1S/C11H21N3O3S/c1-4-5-14-7-10(6-13-14)17-8-11(2,3)9-18(12,15)16/h6-7H,4-5,8-9H2,1-3H3,(H2,12,15,16). The van der Waals surface area contributed by atoms with Gasteiger partial charge in [-0.05, 0) is 6.42 Å². The molecule has 0 unspecified atom stereocenters. The number of rotatable bonds is 7. The van der Waals surface area contributed by atoms with Crippen LogP contribution < -0.4 is 9.88 Å². The van der Waals surface area contributed by atoms with E-state index in [1.165, 1.54) is 0 Å². The summed E-state index contributed by atoms with van der Waals surface area (Å²) >= 11 is 0. The molecule has 0 saturated heterocycles. The number of nitrogens with two attached hydrogens (primary N) is 1. The zero-order valence-electron chi connectivity index (χ0n) is 11.1. The Morgan fingerprint density at radius 1 is 1.50 bits per heavy atom. The van der Waals surface area contributed by atoms with Crippen LogP contribution in [-0.2, 0) is 16.6 Å². The minimum absolute atomic E-state index is 0.108. The SMILES string of the molecule is CCCn1cc(OCC(C)(C)CS(N)(=O)=O)cn1. The van der Waals surface area contributed by atoms with E-state index in [2.05, 4.69) is 12.0 Å². The maximum Gasteiger partial charge on any atom is 0.209 e. The number of ether oxygens (including phenoxy) is 1. The van der Waals surface area contributed by atoms with E-state index in [0.29, 0.717) is 5.75 Å². The summed E-state index contributed by atoms with van der Waals surface area (Å²) in [7, 11) is -3.49. The molecule has 0 aliphatic carbocycles. The lowest BCUT2D eigenvalue weighted by Gasteiger charge is -2.22. The third kappa shape index (κ3) is 5.50. The van der Waals surface area contributed by atoms with E-state index in [4.69, 9.17) is 9.88 Å². The van der Waals surface area contributed by atoms with Gasteiger partial charge in [0.15, 0.2) is 5.75 Å². The topological polar surface area (TPSA) is 87.2 Å². The number of primary sulfonamides is 1. The van der Waals surface area contributed by atoms with Crippen molar-refractivity contribution in [2.75, 3.05) is 12.4 Å². The van der Waals surface area contributed by atoms with Crippen molar-refractivity contribution in [3.05, 3.63) is 12.4 Å². The highest BCUT2D eigenvalue weighted by Crippen LogP contribution is 2.19. The van der Waals surface area contributed by atoms with Gasteiger partial charge in [0.05, 0.1) is 24.8 Å². The van der Waals surface area contributed by atoms with Crippen molar-refractivity contribution >= 4 is 10.0 Å². The number of nitrogens with zero attached hydrogens (tertiary/aromatic N) is 2. The van der Waals surface area contributed by atoms with Gasteiger partial charge in [0.25, 0.3) is 0 Å². The van der Waals surface area contributed by atoms with Gasteiger partial charge < -0.3 is 4.74 Å². The Labute approximate surface area is 108 Å². The van der Waals surface area contributed by atoms with Crippen molar-refractivity contribution in [2.24, 2.45) is 10.6 Å². The molecule has 0 fully saturated rings. The molecular weight excluding hydrogens is 254 g/mol. The fraction of sp³-hybridized carbons (Fsp3) is 0.727. The largest absolute Gasteiger partial charge is 0.490 e. The molecule has 104 valence electrons. The first-order chi connectivity index (χ1) is 8.22. The van der Waals surface area contributed by atoms with Gasteiger partial charge >= 0.3 is 0 Å². The number of hydrogen-bond acceptors (Lipinski definition) is 4. The highest BCUT2D eigenvalue weighted by Gasteiger charge is 2.25. The predicted octanol–water partition coefficient (Wildman–Crippen LogP) is 0.987. The van der Waals surface area contributed by atoms with Crippen LogP contribution >= 0.6 is 0 Å². The van der Waals surface area contributed by atoms with Gasteiger partial charge in [-0.3, -0.25) is 4.68 Å². The zero-order valence-corrected chi connectivity index (χ0v) is 11.9. The quantitative estimate of drug-likeness (QED) is 0.803. The molecule has 1 aromatic rings. The molecule has 7 heteroatoms.